The Morgan fingerprint density at radius 1 is 1.00 bits per heavy atom. The Hall–Kier alpha value is -2.04. The molecule has 2 rings (SSSR count). The molecule has 0 heterocycles. The van der Waals surface area contributed by atoms with Crippen molar-refractivity contribution in [3.63, 3.8) is 0 Å². The number of nitrogens with two attached hydrogens (primary N) is 1. The van der Waals surface area contributed by atoms with Gasteiger partial charge >= 0.3 is 0 Å². The van der Waals surface area contributed by atoms with Crippen LogP contribution >= 0.6 is 12.4 Å². The normalized spacial score (nSPS) is 9.78. The number of carbonyl (C=O) groups is 1. The van der Waals surface area contributed by atoms with Gasteiger partial charge in [-0.05, 0) is 17.7 Å². The highest BCUT2D eigenvalue weighted by atomic mass is 35.5. The zero-order valence-electron chi connectivity index (χ0n) is 13.1. The van der Waals surface area contributed by atoms with Gasteiger partial charge < -0.3 is 15.4 Å². The molecule has 0 fully saturated rings. The number of ether oxygens (including phenoxy) is 1. The molecule has 4 nitrogen and oxygen atoms in total. The summed E-state index contributed by atoms with van der Waals surface area (Å²) in [5.41, 5.74) is 6.72. The lowest BCUT2D eigenvalue weighted by Gasteiger charge is -2.22. The first kappa shape index (κ1) is 19.0. The van der Waals surface area contributed by atoms with Crippen molar-refractivity contribution >= 4 is 18.3 Å². The summed E-state index contributed by atoms with van der Waals surface area (Å²) < 4.78 is 5.58. The molecular formula is C18H23ClN2O2. The molecule has 0 saturated heterocycles. The summed E-state index contributed by atoms with van der Waals surface area (Å²) in [5.74, 6) is 0.842. The van der Waals surface area contributed by atoms with E-state index in [0.29, 0.717) is 32.7 Å². The van der Waals surface area contributed by atoms with Crippen molar-refractivity contribution < 1.29 is 9.53 Å². The summed E-state index contributed by atoms with van der Waals surface area (Å²) in [4.78, 5) is 14.1. The van der Waals surface area contributed by atoms with Gasteiger partial charge in [-0.2, -0.15) is 0 Å². The predicted molar refractivity (Wildman–Crippen MR) is 94.7 cm³/mol. The molecule has 0 aliphatic carbocycles. The molecule has 2 aromatic carbocycles. The van der Waals surface area contributed by atoms with Gasteiger partial charge in [0.25, 0.3) is 0 Å². The van der Waals surface area contributed by atoms with Crippen molar-refractivity contribution in [2.75, 3.05) is 19.7 Å². The largest absolute Gasteiger partial charge is 0.493 e. The molecule has 2 N–H and O–H groups in total. The molecular weight excluding hydrogens is 312 g/mol. The van der Waals surface area contributed by atoms with E-state index in [9.17, 15) is 4.79 Å². The average Bonchev–Trinajstić information content (AvgIpc) is 2.56. The third-order valence-electron chi connectivity index (χ3n) is 3.30. The number of carbonyl (C=O) groups excluding carboxylic acids is 1. The number of hydrogen-bond donors (Lipinski definition) is 1. The molecule has 5 heteroatoms. The second-order valence-corrected chi connectivity index (χ2v) is 5.00. The van der Waals surface area contributed by atoms with Crippen LogP contribution in [0.3, 0.4) is 0 Å². The van der Waals surface area contributed by atoms with Crippen molar-refractivity contribution in [1.82, 2.24) is 4.90 Å². The lowest BCUT2D eigenvalue weighted by atomic mass is 10.2. The van der Waals surface area contributed by atoms with Crippen LogP contribution in [0.1, 0.15) is 12.0 Å². The Morgan fingerprint density at radius 2 is 1.61 bits per heavy atom. The van der Waals surface area contributed by atoms with Gasteiger partial charge in [-0.15, -0.1) is 12.4 Å². The van der Waals surface area contributed by atoms with Crippen LogP contribution < -0.4 is 10.5 Å². The van der Waals surface area contributed by atoms with E-state index in [-0.39, 0.29) is 18.3 Å². The molecule has 0 aromatic heterocycles. The summed E-state index contributed by atoms with van der Waals surface area (Å²) in [6.07, 6.45) is 0.349. The van der Waals surface area contributed by atoms with Gasteiger partial charge in [-0.25, -0.2) is 0 Å². The zero-order valence-corrected chi connectivity index (χ0v) is 13.9. The van der Waals surface area contributed by atoms with Gasteiger partial charge in [0.2, 0.25) is 5.91 Å². The Bertz CT molecular complexity index is 564. The van der Waals surface area contributed by atoms with Gasteiger partial charge in [-0.3, -0.25) is 4.79 Å². The molecule has 0 unspecified atom stereocenters. The van der Waals surface area contributed by atoms with E-state index in [0.717, 1.165) is 11.3 Å². The number of hydrogen-bond acceptors (Lipinski definition) is 3. The summed E-state index contributed by atoms with van der Waals surface area (Å²) in [5, 5.41) is 0. The minimum atomic E-state index is 0. The summed E-state index contributed by atoms with van der Waals surface area (Å²) in [6, 6.07) is 19.4. The summed E-state index contributed by atoms with van der Waals surface area (Å²) in [6.45, 7) is 1.97. The van der Waals surface area contributed by atoms with Gasteiger partial charge in [0.15, 0.2) is 0 Å². The fourth-order valence-electron chi connectivity index (χ4n) is 2.18. The van der Waals surface area contributed by atoms with E-state index >= 15 is 0 Å². The smallest absolute Gasteiger partial charge is 0.226 e. The van der Waals surface area contributed by atoms with Crippen LogP contribution in [-0.2, 0) is 11.3 Å². The van der Waals surface area contributed by atoms with Crippen LogP contribution in [0.5, 0.6) is 5.75 Å². The van der Waals surface area contributed by atoms with Crippen molar-refractivity contribution in [3.05, 3.63) is 66.2 Å². The van der Waals surface area contributed by atoms with Gasteiger partial charge in [0.05, 0.1) is 13.0 Å². The standard InChI is InChI=1S/C18H22N2O2.ClH/c19-12-13-20(15-16-7-3-1-4-8-16)18(21)11-14-22-17-9-5-2-6-10-17;/h1-10H,11-15,19H2;1H. The van der Waals surface area contributed by atoms with Crippen molar-refractivity contribution in [2.24, 2.45) is 5.73 Å². The maximum absolute atomic E-state index is 12.3. The molecule has 0 spiro atoms. The number of para-hydroxylation sites is 1. The first-order chi connectivity index (χ1) is 10.8. The van der Waals surface area contributed by atoms with Crippen LogP contribution in [-0.4, -0.2) is 30.5 Å². The Kier molecular flexibility index (Phi) is 8.80. The minimum absolute atomic E-state index is 0. The fraction of sp³-hybridized carbons (Fsp3) is 0.278. The molecule has 0 radical (unpaired) electrons. The van der Waals surface area contributed by atoms with Crippen LogP contribution in [0.25, 0.3) is 0 Å². The average molecular weight is 335 g/mol. The quantitative estimate of drug-likeness (QED) is 0.807. The van der Waals surface area contributed by atoms with Gasteiger partial charge in [0, 0.05) is 19.6 Å². The SMILES string of the molecule is Cl.NCCN(Cc1ccccc1)C(=O)CCOc1ccccc1. The molecule has 2 aromatic rings. The predicted octanol–water partition coefficient (Wildman–Crippen LogP) is 2.86. The third-order valence-corrected chi connectivity index (χ3v) is 3.30. The third kappa shape index (κ3) is 6.72. The van der Waals surface area contributed by atoms with E-state index in [1.165, 1.54) is 0 Å². The monoisotopic (exact) mass is 334 g/mol. The van der Waals surface area contributed by atoms with Crippen LogP contribution in [0.15, 0.2) is 60.7 Å². The summed E-state index contributed by atoms with van der Waals surface area (Å²) >= 11 is 0. The number of rotatable bonds is 8. The molecule has 0 aliphatic rings. The number of amides is 1. The first-order valence-electron chi connectivity index (χ1n) is 7.49. The minimum Gasteiger partial charge on any atom is -0.493 e. The summed E-state index contributed by atoms with van der Waals surface area (Å²) in [7, 11) is 0. The second-order valence-electron chi connectivity index (χ2n) is 5.00. The number of nitrogens with zero attached hydrogens (tertiary/aromatic N) is 1. The van der Waals surface area contributed by atoms with E-state index in [1.807, 2.05) is 60.7 Å². The Labute approximate surface area is 143 Å². The highest BCUT2D eigenvalue weighted by Crippen LogP contribution is 2.10. The maximum atomic E-state index is 12.3. The second kappa shape index (κ2) is 10.6. The molecule has 0 aliphatic heterocycles. The van der Waals surface area contributed by atoms with E-state index in [2.05, 4.69) is 0 Å². The molecule has 0 bridgehead atoms. The van der Waals surface area contributed by atoms with Crippen molar-refractivity contribution in [2.45, 2.75) is 13.0 Å². The molecule has 0 atom stereocenters. The first-order valence-corrected chi connectivity index (χ1v) is 7.49. The van der Waals surface area contributed by atoms with Crippen LogP contribution in [0.4, 0.5) is 0 Å². The maximum Gasteiger partial charge on any atom is 0.226 e. The number of halogens is 1. The molecule has 124 valence electrons. The Morgan fingerprint density at radius 3 is 2.22 bits per heavy atom. The van der Waals surface area contributed by atoms with E-state index in [1.54, 1.807) is 4.90 Å². The van der Waals surface area contributed by atoms with E-state index < -0.39 is 0 Å². The molecule has 1 amide bonds. The fourth-order valence-corrected chi connectivity index (χ4v) is 2.18. The van der Waals surface area contributed by atoms with E-state index in [4.69, 9.17) is 10.5 Å². The highest BCUT2D eigenvalue weighted by Gasteiger charge is 2.13. The van der Waals surface area contributed by atoms with Crippen LogP contribution in [0, 0.1) is 0 Å². The topological polar surface area (TPSA) is 55.6 Å². The lowest BCUT2D eigenvalue weighted by molar-refractivity contribution is -0.132. The van der Waals surface area contributed by atoms with Gasteiger partial charge in [0.1, 0.15) is 5.75 Å². The number of benzene rings is 2. The molecule has 23 heavy (non-hydrogen) atoms. The lowest BCUT2D eigenvalue weighted by Crippen LogP contribution is -2.35. The van der Waals surface area contributed by atoms with Crippen LogP contribution in [0.2, 0.25) is 0 Å². The van der Waals surface area contributed by atoms with Gasteiger partial charge in [-0.1, -0.05) is 48.5 Å². The highest BCUT2D eigenvalue weighted by molar-refractivity contribution is 5.85. The van der Waals surface area contributed by atoms with Crippen molar-refractivity contribution in [1.29, 1.82) is 0 Å². The molecule has 0 saturated carbocycles. The Balaban J connectivity index is 0.00000264. The van der Waals surface area contributed by atoms with Crippen molar-refractivity contribution in [3.8, 4) is 5.75 Å². The zero-order chi connectivity index (χ0) is 15.6.